The summed E-state index contributed by atoms with van der Waals surface area (Å²) in [6.45, 7) is 1.21. The molecule has 110 valence electrons. The van der Waals surface area contributed by atoms with Crippen molar-refractivity contribution in [1.29, 1.82) is 0 Å². The van der Waals surface area contributed by atoms with Crippen molar-refractivity contribution in [2.24, 2.45) is 0 Å². The van der Waals surface area contributed by atoms with Gasteiger partial charge >= 0.3 is 0 Å². The Bertz CT molecular complexity index is 572. The second-order valence-corrected chi connectivity index (χ2v) is 6.59. The van der Waals surface area contributed by atoms with Crippen LogP contribution in [0.2, 0.25) is 5.02 Å². The molecule has 0 aliphatic carbocycles. The fraction of sp³-hybridized carbons (Fsp3) is 0.385. The summed E-state index contributed by atoms with van der Waals surface area (Å²) in [6, 6.07) is 6.68. The van der Waals surface area contributed by atoms with E-state index in [2.05, 4.69) is 10.0 Å². The van der Waals surface area contributed by atoms with Gasteiger partial charge in [0.15, 0.2) is 0 Å². The standard InChI is InChI=1S/C13H17ClN2O3S/c1-19-13-9-15-8-12(13)16-20(17,18)7-6-10-2-4-11(14)5-3-10/h2-7,12-13,15-16H,8-9H2,1H3/b7-6+/t12?,13-/m0/s1. The van der Waals surface area contributed by atoms with E-state index in [0.717, 1.165) is 11.0 Å². The third kappa shape index (κ3) is 4.29. The number of ether oxygens (including phenoxy) is 1. The zero-order valence-electron chi connectivity index (χ0n) is 11.0. The molecule has 1 saturated heterocycles. The minimum Gasteiger partial charge on any atom is -0.378 e. The Kier molecular flexibility index (Phi) is 5.17. The number of benzene rings is 1. The van der Waals surface area contributed by atoms with Gasteiger partial charge in [-0.15, -0.1) is 0 Å². The lowest BCUT2D eigenvalue weighted by molar-refractivity contribution is 0.103. The molecule has 1 aliphatic heterocycles. The van der Waals surface area contributed by atoms with E-state index < -0.39 is 10.0 Å². The fourth-order valence-corrected chi connectivity index (χ4v) is 3.21. The highest BCUT2D eigenvalue weighted by molar-refractivity contribution is 7.92. The van der Waals surface area contributed by atoms with Gasteiger partial charge in [0.25, 0.3) is 0 Å². The van der Waals surface area contributed by atoms with Crippen molar-refractivity contribution in [3.63, 3.8) is 0 Å². The maximum absolute atomic E-state index is 12.0. The zero-order valence-corrected chi connectivity index (χ0v) is 12.6. The van der Waals surface area contributed by atoms with Crippen molar-refractivity contribution in [1.82, 2.24) is 10.0 Å². The predicted octanol–water partition coefficient (Wildman–Crippen LogP) is 1.22. The minimum absolute atomic E-state index is 0.145. The molecule has 1 aliphatic rings. The first-order chi connectivity index (χ1) is 9.50. The molecule has 5 nitrogen and oxygen atoms in total. The molecule has 0 amide bonds. The largest absolute Gasteiger partial charge is 0.378 e. The highest BCUT2D eigenvalue weighted by Crippen LogP contribution is 2.12. The van der Waals surface area contributed by atoms with Crippen LogP contribution in [0.4, 0.5) is 0 Å². The van der Waals surface area contributed by atoms with E-state index in [-0.39, 0.29) is 12.1 Å². The van der Waals surface area contributed by atoms with Gasteiger partial charge in [0, 0.05) is 30.6 Å². The van der Waals surface area contributed by atoms with Crippen LogP contribution in [0.25, 0.3) is 6.08 Å². The summed E-state index contributed by atoms with van der Waals surface area (Å²) in [7, 11) is -1.93. The van der Waals surface area contributed by atoms with E-state index in [0.29, 0.717) is 18.1 Å². The van der Waals surface area contributed by atoms with Gasteiger partial charge in [-0.3, -0.25) is 0 Å². The van der Waals surface area contributed by atoms with Gasteiger partial charge in [-0.1, -0.05) is 23.7 Å². The van der Waals surface area contributed by atoms with Crippen molar-refractivity contribution in [2.75, 3.05) is 20.2 Å². The topological polar surface area (TPSA) is 67.4 Å². The van der Waals surface area contributed by atoms with E-state index in [9.17, 15) is 8.42 Å². The molecule has 0 spiro atoms. The Morgan fingerprint density at radius 3 is 2.70 bits per heavy atom. The first-order valence-electron chi connectivity index (χ1n) is 6.20. The lowest BCUT2D eigenvalue weighted by Gasteiger charge is -2.17. The molecule has 7 heteroatoms. The average molecular weight is 317 g/mol. The lowest BCUT2D eigenvalue weighted by Crippen LogP contribution is -2.42. The molecule has 0 saturated carbocycles. The SMILES string of the molecule is CO[C@H]1CNCC1NS(=O)(=O)/C=C/c1ccc(Cl)cc1. The molecule has 1 fully saturated rings. The number of halogens is 1. The summed E-state index contributed by atoms with van der Waals surface area (Å²) in [4.78, 5) is 0. The maximum atomic E-state index is 12.0. The predicted molar refractivity (Wildman–Crippen MR) is 80.0 cm³/mol. The first-order valence-corrected chi connectivity index (χ1v) is 8.12. The summed E-state index contributed by atoms with van der Waals surface area (Å²) in [5.41, 5.74) is 0.771. The van der Waals surface area contributed by atoms with Crippen molar-refractivity contribution in [3.05, 3.63) is 40.3 Å². The van der Waals surface area contributed by atoms with Gasteiger partial charge in [0.2, 0.25) is 10.0 Å². The van der Waals surface area contributed by atoms with Crippen LogP contribution in [-0.4, -0.2) is 40.8 Å². The van der Waals surface area contributed by atoms with Gasteiger partial charge in [0.05, 0.1) is 12.1 Å². The summed E-state index contributed by atoms with van der Waals surface area (Å²) < 4.78 is 31.8. The van der Waals surface area contributed by atoms with Crippen molar-refractivity contribution < 1.29 is 13.2 Å². The molecule has 1 aromatic carbocycles. The molecule has 2 atom stereocenters. The number of hydrogen-bond acceptors (Lipinski definition) is 4. The smallest absolute Gasteiger partial charge is 0.234 e. The third-order valence-electron chi connectivity index (χ3n) is 3.09. The van der Waals surface area contributed by atoms with Crippen LogP contribution in [0.3, 0.4) is 0 Å². The second kappa shape index (κ2) is 6.69. The highest BCUT2D eigenvalue weighted by Gasteiger charge is 2.29. The number of hydrogen-bond donors (Lipinski definition) is 2. The molecule has 1 heterocycles. The Labute approximate surface area is 124 Å². The van der Waals surface area contributed by atoms with Crippen LogP contribution in [0.1, 0.15) is 5.56 Å². The van der Waals surface area contributed by atoms with Gasteiger partial charge < -0.3 is 10.1 Å². The van der Waals surface area contributed by atoms with Crippen molar-refractivity contribution in [2.45, 2.75) is 12.1 Å². The molecule has 20 heavy (non-hydrogen) atoms. The zero-order chi connectivity index (χ0) is 14.6. The number of methoxy groups -OCH3 is 1. The summed E-state index contributed by atoms with van der Waals surface area (Å²) >= 11 is 5.77. The van der Waals surface area contributed by atoms with Gasteiger partial charge in [-0.2, -0.15) is 0 Å². The van der Waals surface area contributed by atoms with E-state index in [1.54, 1.807) is 31.4 Å². The minimum atomic E-state index is -3.50. The molecule has 0 aromatic heterocycles. The van der Waals surface area contributed by atoms with Gasteiger partial charge in [-0.25, -0.2) is 13.1 Å². The summed E-state index contributed by atoms with van der Waals surface area (Å²) in [5, 5.41) is 4.85. The first kappa shape index (κ1) is 15.5. The average Bonchev–Trinajstić information content (AvgIpc) is 2.84. The fourth-order valence-electron chi connectivity index (χ4n) is 2.01. The van der Waals surface area contributed by atoms with Crippen LogP contribution in [0.15, 0.2) is 29.7 Å². The lowest BCUT2D eigenvalue weighted by atomic mass is 10.2. The molecular formula is C13H17ClN2O3S. The van der Waals surface area contributed by atoms with Crippen LogP contribution in [0.5, 0.6) is 0 Å². The number of sulfonamides is 1. The number of rotatable bonds is 5. The van der Waals surface area contributed by atoms with E-state index >= 15 is 0 Å². The van der Waals surface area contributed by atoms with Crippen LogP contribution >= 0.6 is 11.6 Å². The van der Waals surface area contributed by atoms with Crippen LogP contribution in [0, 0.1) is 0 Å². The normalized spacial score (nSPS) is 23.5. The van der Waals surface area contributed by atoms with Gasteiger partial charge in [0.1, 0.15) is 0 Å². The van der Waals surface area contributed by atoms with Crippen molar-refractivity contribution >= 4 is 27.7 Å². The molecule has 0 radical (unpaired) electrons. The molecule has 2 rings (SSSR count). The second-order valence-electron chi connectivity index (χ2n) is 4.56. The third-order valence-corrected chi connectivity index (χ3v) is 4.46. The van der Waals surface area contributed by atoms with Crippen LogP contribution in [-0.2, 0) is 14.8 Å². The molecule has 2 N–H and O–H groups in total. The van der Waals surface area contributed by atoms with E-state index in [1.807, 2.05) is 0 Å². The Hall–Kier alpha value is -0.920. The highest BCUT2D eigenvalue weighted by atomic mass is 35.5. The maximum Gasteiger partial charge on any atom is 0.234 e. The molecule has 1 unspecified atom stereocenters. The Balaban J connectivity index is 2.02. The van der Waals surface area contributed by atoms with E-state index in [4.69, 9.17) is 16.3 Å². The summed E-state index contributed by atoms with van der Waals surface area (Å²) in [5.74, 6) is 0. The quantitative estimate of drug-likeness (QED) is 0.857. The molecule has 1 aromatic rings. The Morgan fingerprint density at radius 2 is 2.05 bits per heavy atom. The molecular weight excluding hydrogens is 300 g/mol. The monoisotopic (exact) mass is 316 g/mol. The number of nitrogens with one attached hydrogen (secondary N) is 2. The van der Waals surface area contributed by atoms with E-state index in [1.165, 1.54) is 6.08 Å². The van der Waals surface area contributed by atoms with Gasteiger partial charge in [-0.05, 0) is 23.8 Å². The van der Waals surface area contributed by atoms with Crippen LogP contribution < -0.4 is 10.0 Å². The summed E-state index contributed by atoms with van der Waals surface area (Å²) in [6.07, 6.45) is 1.39. The van der Waals surface area contributed by atoms with Crippen molar-refractivity contribution in [3.8, 4) is 0 Å². The Morgan fingerprint density at radius 1 is 1.35 bits per heavy atom. The molecule has 0 bridgehead atoms.